The van der Waals surface area contributed by atoms with E-state index in [1.165, 1.54) is 11.1 Å². The Morgan fingerprint density at radius 2 is 1.90 bits per heavy atom. The molecular formula is C30H32N10. The SMILES string of the molecule is Cn1cc(-c2ccc3c(n2)CCCN3c2n[nH]c3nc(N4CCC5(CC4)Cc4ccccc4[C@@H]5N)cnc23)cn1. The van der Waals surface area contributed by atoms with Crippen molar-refractivity contribution < 1.29 is 0 Å². The van der Waals surface area contributed by atoms with Gasteiger partial charge in [0.25, 0.3) is 0 Å². The number of aryl methyl sites for hydroxylation is 2. The predicted molar refractivity (Wildman–Crippen MR) is 154 cm³/mol. The van der Waals surface area contributed by atoms with Crippen molar-refractivity contribution in [3.8, 4) is 11.3 Å². The second kappa shape index (κ2) is 8.85. The lowest BCUT2D eigenvalue weighted by atomic mass is 9.73. The highest BCUT2D eigenvalue weighted by Crippen LogP contribution is 2.51. The van der Waals surface area contributed by atoms with E-state index in [0.717, 1.165) is 91.5 Å². The normalized spacial score (nSPS) is 19.8. The number of nitrogens with zero attached hydrogens (tertiary/aromatic N) is 8. The Balaban J connectivity index is 1.03. The maximum Gasteiger partial charge on any atom is 0.183 e. The summed E-state index contributed by atoms with van der Waals surface area (Å²) < 4.78 is 1.80. The summed E-state index contributed by atoms with van der Waals surface area (Å²) in [4.78, 5) is 19.4. The minimum Gasteiger partial charge on any atom is -0.355 e. The lowest BCUT2D eigenvalue weighted by Gasteiger charge is -2.42. The third-order valence-electron chi connectivity index (χ3n) is 9.21. The number of hydrogen-bond acceptors (Lipinski definition) is 8. The van der Waals surface area contributed by atoms with Gasteiger partial charge in [-0.05, 0) is 60.8 Å². The highest BCUT2D eigenvalue weighted by atomic mass is 15.3. The van der Waals surface area contributed by atoms with Crippen molar-refractivity contribution in [2.24, 2.45) is 18.2 Å². The lowest BCUT2D eigenvalue weighted by molar-refractivity contribution is 0.187. The van der Waals surface area contributed by atoms with Gasteiger partial charge in [-0.3, -0.25) is 14.8 Å². The molecule has 0 saturated carbocycles. The fourth-order valence-electron chi connectivity index (χ4n) is 6.99. The molecule has 1 saturated heterocycles. The van der Waals surface area contributed by atoms with Crippen LogP contribution in [0.3, 0.4) is 0 Å². The molecule has 1 atom stereocenters. The Kier molecular flexibility index (Phi) is 5.22. The average molecular weight is 533 g/mol. The summed E-state index contributed by atoms with van der Waals surface area (Å²) >= 11 is 0. The lowest BCUT2D eigenvalue weighted by Crippen LogP contribution is -2.44. The fourth-order valence-corrected chi connectivity index (χ4v) is 6.99. The van der Waals surface area contributed by atoms with Crippen LogP contribution in [0.2, 0.25) is 0 Å². The summed E-state index contributed by atoms with van der Waals surface area (Å²) in [5, 5.41) is 12.1. The molecule has 0 radical (unpaired) electrons. The molecular weight excluding hydrogens is 500 g/mol. The van der Waals surface area contributed by atoms with E-state index in [0.29, 0.717) is 5.65 Å². The number of rotatable bonds is 3. The standard InChI is InChI=1S/C30H32N10/c1-38-18-20(16-33-38)22-8-9-24-23(34-22)7-4-12-40(24)29-26-28(36-37-29)35-25(17-32-26)39-13-10-30(11-14-39)15-19-5-2-3-6-21(19)27(30)31/h2-3,5-6,8-9,16-18,27H,4,7,10-15,31H2,1H3,(H,35,36,37)/t27-/m0/s1. The third kappa shape index (κ3) is 3.62. The summed E-state index contributed by atoms with van der Waals surface area (Å²) in [6.45, 7) is 2.71. The van der Waals surface area contributed by atoms with Gasteiger partial charge in [0, 0.05) is 44.5 Å². The number of nitrogens with one attached hydrogen (secondary N) is 1. The van der Waals surface area contributed by atoms with Crippen LogP contribution < -0.4 is 15.5 Å². The molecule has 0 amide bonds. The number of nitrogens with two attached hydrogens (primary N) is 1. The number of benzene rings is 1. The first-order chi connectivity index (χ1) is 19.6. The number of H-pyrrole nitrogens is 1. The smallest absolute Gasteiger partial charge is 0.183 e. The van der Waals surface area contributed by atoms with Crippen molar-refractivity contribution in [3.63, 3.8) is 0 Å². The van der Waals surface area contributed by atoms with Crippen molar-refractivity contribution in [1.82, 2.24) is 34.9 Å². The first-order valence-corrected chi connectivity index (χ1v) is 14.1. The maximum atomic E-state index is 6.79. The number of piperidine rings is 1. The molecule has 10 heteroatoms. The highest BCUT2D eigenvalue weighted by molar-refractivity contribution is 5.87. The summed E-state index contributed by atoms with van der Waals surface area (Å²) in [6.07, 6.45) is 10.9. The third-order valence-corrected chi connectivity index (χ3v) is 9.21. The largest absolute Gasteiger partial charge is 0.355 e. The molecule has 8 rings (SSSR count). The molecule has 5 aromatic rings. The molecule has 6 heterocycles. The molecule has 0 unspecified atom stereocenters. The molecule has 3 aliphatic rings. The molecule has 4 aromatic heterocycles. The van der Waals surface area contributed by atoms with Crippen LogP contribution in [-0.2, 0) is 19.9 Å². The number of hydrogen-bond donors (Lipinski definition) is 2. The van der Waals surface area contributed by atoms with E-state index < -0.39 is 0 Å². The zero-order valence-corrected chi connectivity index (χ0v) is 22.6. The molecule has 1 aromatic carbocycles. The van der Waals surface area contributed by atoms with Crippen LogP contribution in [0, 0.1) is 5.41 Å². The van der Waals surface area contributed by atoms with Gasteiger partial charge in [0.15, 0.2) is 17.0 Å². The van der Waals surface area contributed by atoms with Gasteiger partial charge in [-0.1, -0.05) is 24.3 Å². The fraction of sp³-hybridized carbons (Fsp3) is 0.367. The molecule has 0 bridgehead atoms. The van der Waals surface area contributed by atoms with Crippen molar-refractivity contribution in [2.75, 3.05) is 29.4 Å². The van der Waals surface area contributed by atoms with E-state index in [1.54, 1.807) is 4.68 Å². The Hall–Kier alpha value is -4.31. The van der Waals surface area contributed by atoms with Gasteiger partial charge in [0.2, 0.25) is 0 Å². The Bertz CT molecular complexity index is 1730. The molecule has 202 valence electrons. The zero-order valence-electron chi connectivity index (χ0n) is 22.6. The minimum atomic E-state index is 0.108. The quantitative estimate of drug-likeness (QED) is 0.357. The Labute approximate surface area is 232 Å². The maximum absolute atomic E-state index is 6.79. The molecule has 10 nitrogen and oxygen atoms in total. The average Bonchev–Trinajstić information content (AvgIpc) is 3.69. The molecule has 1 aliphatic carbocycles. The second-order valence-electron chi connectivity index (χ2n) is 11.5. The first kappa shape index (κ1) is 23.6. The van der Waals surface area contributed by atoms with Crippen molar-refractivity contribution >= 4 is 28.5 Å². The monoisotopic (exact) mass is 532 g/mol. The van der Waals surface area contributed by atoms with Crippen molar-refractivity contribution in [2.45, 2.75) is 38.1 Å². The van der Waals surface area contributed by atoms with Crippen LogP contribution in [0.15, 0.2) is 55.0 Å². The van der Waals surface area contributed by atoms with Crippen LogP contribution in [-0.4, -0.2) is 54.6 Å². The van der Waals surface area contributed by atoms with Gasteiger partial charge < -0.3 is 15.5 Å². The van der Waals surface area contributed by atoms with E-state index in [-0.39, 0.29) is 11.5 Å². The Morgan fingerprint density at radius 1 is 1.02 bits per heavy atom. The van der Waals surface area contributed by atoms with Crippen molar-refractivity contribution in [3.05, 3.63) is 71.8 Å². The number of aromatic nitrogens is 7. The van der Waals surface area contributed by atoms with Gasteiger partial charge in [-0.25, -0.2) is 9.97 Å². The van der Waals surface area contributed by atoms with Crippen LogP contribution in [0.25, 0.3) is 22.4 Å². The highest BCUT2D eigenvalue weighted by Gasteiger charge is 2.46. The van der Waals surface area contributed by atoms with Gasteiger partial charge in [-0.15, -0.1) is 0 Å². The van der Waals surface area contributed by atoms with Gasteiger partial charge >= 0.3 is 0 Å². The number of pyridine rings is 1. The van der Waals surface area contributed by atoms with E-state index in [4.69, 9.17) is 20.7 Å². The van der Waals surface area contributed by atoms with Crippen LogP contribution >= 0.6 is 0 Å². The number of aromatic amines is 1. The number of anilines is 3. The van der Waals surface area contributed by atoms with Crippen LogP contribution in [0.4, 0.5) is 17.3 Å². The van der Waals surface area contributed by atoms with Gasteiger partial charge in [0.1, 0.15) is 5.82 Å². The first-order valence-electron chi connectivity index (χ1n) is 14.1. The molecule has 1 spiro atoms. The predicted octanol–water partition coefficient (Wildman–Crippen LogP) is 4.08. The molecule has 1 fully saturated rings. The van der Waals surface area contributed by atoms with Gasteiger partial charge in [-0.2, -0.15) is 10.2 Å². The minimum absolute atomic E-state index is 0.108. The summed E-state index contributed by atoms with van der Waals surface area (Å²) in [5.41, 5.74) is 15.3. The topological polar surface area (TPSA) is 118 Å². The van der Waals surface area contributed by atoms with Crippen LogP contribution in [0.1, 0.15) is 42.1 Å². The van der Waals surface area contributed by atoms with E-state index in [9.17, 15) is 0 Å². The number of fused-ring (bicyclic) bond motifs is 3. The second-order valence-corrected chi connectivity index (χ2v) is 11.5. The summed E-state index contributed by atoms with van der Waals surface area (Å²) in [6, 6.07) is 13.0. The van der Waals surface area contributed by atoms with Gasteiger partial charge in [0.05, 0.1) is 29.5 Å². The molecule has 3 N–H and O–H groups in total. The van der Waals surface area contributed by atoms with Crippen LogP contribution in [0.5, 0.6) is 0 Å². The zero-order chi connectivity index (χ0) is 26.8. The summed E-state index contributed by atoms with van der Waals surface area (Å²) in [7, 11) is 1.92. The molecule has 40 heavy (non-hydrogen) atoms. The molecule has 2 aliphatic heterocycles. The van der Waals surface area contributed by atoms with E-state index in [1.807, 2.05) is 25.6 Å². The Morgan fingerprint density at radius 3 is 2.73 bits per heavy atom. The van der Waals surface area contributed by atoms with Crippen molar-refractivity contribution in [1.29, 1.82) is 0 Å². The van der Waals surface area contributed by atoms with E-state index >= 15 is 0 Å². The van der Waals surface area contributed by atoms with E-state index in [2.05, 4.69) is 61.5 Å². The summed E-state index contributed by atoms with van der Waals surface area (Å²) in [5.74, 6) is 1.70.